The molecule has 98 valence electrons. The number of hydrogen-bond acceptors (Lipinski definition) is 3. The largest absolute Gasteiger partial charge is 0.337 e. The lowest BCUT2D eigenvalue weighted by atomic mass is 10.4. The third-order valence-electron chi connectivity index (χ3n) is 2.53. The van der Waals surface area contributed by atoms with E-state index in [0.29, 0.717) is 12.8 Å². The van der Waals surface area contributed by atoms with Crippen molar-refractivity contribution >= 4 is 0 Å². The summed E-state index contributed by atoms with van der Waals surface area (Å²) < 4.78 is 3.05. The van der Waals surface area contributed by atoms with E-state index in [0.717, 1.165) is 13.7 Å². The number of hydrogen-bond donors (Lipinski definition) is 0. The lowest BCUT2D eigenvalue weighted by Crippen LogP contribution is -2.54. The molecule has 0 N–H and O–H groups in total. The SMILES string of the molecule is C#CCn1c(=O)n(CCC)c(=O)n(CCC)c1=O. The number of aromatic nitrogens is 3. The minimum absolute atomic E-state index is 0.120. The van der Waals surface area contributed by atoms with Crippen molar-refractivity contribution in [3.8, 4) is 12.3 Å². The first kappa shape index (κ1) is 14.0. The van der Waals surface area contributed by atoms with Crippen LogP contribution in [0.1, 0.15) is 26.7 Å². The van der Waals surface area contributed by atoms with Crippen LogP contribution in [0.2, 0.25) is 0 Å². The van der Waals surface area contributed by atoms with Gasteiger partial charge in [0.15, 0.2) is 0 Å². The predicted octanol–water partition coefficient (Wildman–Crippen LogP) is -0.375. The fourth-order valence-corrected chi connectivity index (χ4v) is 1.74. The lowest BCUT2D eigenvalue weighted by molar-refractivity contribution is 0.457. The Morgan fingerprint density at radius 2 is 1.28 bits per heavy atom. The molecule has 6 nitrogen and oxygen atoms in total. The average Bonchev–Trinajstić information content (AvgIpc) is 2.35. The van der Waals surface area contributed by atoms with Gasteiger partial charge < -0.3 is 0 Å². The van der Waals surface area contributed by atoms with E-state index in [1.54, 1.807) is 0 Å². The van der Waals surface area contributed by atoms with E-state index in [4.69, 9.17) is 6.42 Å². The Morgan fingerprint density at radius 3 is 1.61 bits per heavy atom. The van der Waals surface area contributed by atoms with Crippen LogP contribution in [0.3, 0.4) is 0 Å². The predicted molar refractivity (Wildman–Crippen MR) is 68.6 cm³/mol. The molecule has 6 heteroatoms. The highest BCUT2D eigenvalue weighted by Crippen LogP contribution is 1.83. The van der Waals surface area contributed by atoms with Gasteiger partial charge in [-0.1, -0.05) is 19.8 Å². The van der Waals surface area contributed by atoms with Gasteiger partial charge in [0, 0.05) is 13.1 Å². The molecular weight excluding hydrogens is 234 g/mol. The van der Waals surface area contributed by atoms with Crippen LogP contribution >= 0.6 is 0 Å². The Bertz CT molecular complexity index is 584. The molecule has 1 aromatic heterocycles. The van der Waals surface area contributed by atoms with Crippen molar-refractivity contribution in [1.29, 1.82) is 0 Å². The lowest BCUT2D eigenvalue weighted by Gasteiger charge is -2.11. The second kappa shape index (κ2) is 6.05. The summed E-state index contributed by atoms with van der Waals surface area (Å²) in [6, 6.07) is 0. The molecule has 0 radical (unpaired) electrons. The Kier molecular flexibility index (Phi) is 4.72. The molecule has 0 aromatic carbocycles. The van der Waals surface area contributed by atoms with Crippen molar-refractivity contribution < 1.29 is 0 Å². The van der Waals surface area contributed by atoms with Crippen LogP contribution in [0.4, 0.5) is 0 Å². The Morgan fingerprint density at radius 1 is 0.889 bits per heavy atom. The van der Waals surface area contributed by atoms with Crippen LogP contribution < -0.4 is 17.1 Å². The van der Waals surface area contributed by atoms with Crippen LogP contribution in [0.15, 0.2) is 14.4 Å². The minimum atomic E-state index is -0.628. The summed E-state index contributed by atoms with van der Waals surface area (Å²) in [4.78, 5) is 35.9. The molecule has 0 spiro atoms. The van der Waals surface area contributed by atoms with Gasteiger partial charge in [0.25, 0.3) is 0 Å². The molecule has 1 aromatic rings. The monoisotopic (exact) mass is 251 g/mol. The van der Waals surface area contributed by atoms with E-state index in [1.807, 2.05) is 13.8 Å². The third-order valence-corrected chi connectivity index (χ3v) is 2.53. The summed E-state index contributed by atoms with van der Waals surface area (Å²) in [5, 5.41) is 0. The van der Waals surface area contributed by atoms with Crippen LogP contribution in [-0.4, -0.2) is 13.7 Å². The van der Waals surface area contributed by atoms with Crippen molar-refractivity contribution in [3.05, 3.63) is 31.5 Å². The highest BCUT2D eigenvalue weighted by molar-refractivity contribution is 4.88. The zero-order valence-corrected chi connectivity index (χ0v) is 10.7. The molecule has 1 rings (SSSR count). The Balaban J connectivity index is 3.66. The molecule has 0 atom stereocenters. The summed E-state index contributed by atoms with van der Waals surface area (Å²) in [5.74, 6) is 2.26. The quantitative estimate of drug-likeness (QED) is 0.670. The Hall–Kier alpha value is -2.03. The first-order chi connectivity index (χ1) is 8.58. The molecule has 0 fully saturated rings. The number of terminal acetylenes is 1. The van der Waals surface area contributed by atoms with E-state index in [-0.39, 0.29) is 19.6 Å². The smallest absolute Gasteiger partial charge is 0.247 e. The molecular formula is C12H17N3O3. The number of nitrogens with zero attached hydrogens (tertiary/aromatic N) is 3. The van der Waals surface area contributed by atoms with Gasteiger partial charge in [-0.3, -0.25) is 0 Å². The number of rotatable bonds is 5. The second-order valence-corrected chi connectivity index (χ2v) is 3.94. The highest BCUT2D eigenvalue weighted by Gasteiger charge is 2.13. The van der Waals surface area contributed by atoms with Gasteiger partial charge >= 0.3 is 17.1 Å². The van der Waals surface area contributed by atoms with Crippen molar-refractivity contribution in [1.82, 2.24) is 13.7 Å². The topological polar surface area (TPSA) is 66.0 Å². The van der Waals surface area contributed by atoms with Gasteiger partial charge in [0.05, 0.1) is 6.54 Å². The Labute approximate surface area is 104 Å². The standard InChI is InChI=1S/C12H17N3O3/c1-4-7-13-10(16)14(8-5-2)12(18)15(9-6-3)11(13)17/h1H,5-9H2,2-3H3. The van der Waals surface area contributed by atoms with Gasteiger partial charge in [-0.25, -0.2) is 28.1 Å². The molecule has 18 heavy (non-hydrogen) atoms. The molecule has 0 amide bonds. The van der Waals surface area contributed by atoms with Gasteiger partial charge in [0.2, 0.25) is 0 Å². The molecule has 0 bridgehead atoms. The molecule has 0 aliphatic heterocycles. The van der Waals surface area contributed by atoms with Crippen LogP contribution in [-0.2, 0) is 19.6 Å². The van der Waals surface area contributed by atoms with Crippen molar-refractivity contribution in [2.45, 2.75) is 46.3 Å². The van der Waals surface area contributed by atoms with E-state index >= 15 is 0 Å². The van der Waals surface area contributed by atoms with Crippen molar-refractivity contribution in [3.63, 3.8) is 0 Å². The van der Waals surface area contributed by atoms with E-state index < -0.39 is 17.1 Å². The molecule has 0 saturated carbocycles. The van der Waals surface area contributed by atoms with Gasteiger partial charge in [-0.05, 0) is 12.8 Å². The maximum absolute atomic E-state index is 12.0. The highest BCUT2D eigenvalue weighted by atomic mass is 16.2. The zero-order chi connectivity index (χ0) is 13.7. The summed E-state index contributed by atoms with van der Waals surface area (Å²) >= 11 is 0. The van der Waals surface area contributed by atoms with E-state index in [1.165, 1.54) is 0 Å². The molecule has 1 heterocycles. The van der Waals surface area contributed by atoms with Crippen molar-refractivity contribution in [2.24, 2.45) is 0 Å². The molecule has 0 unspecified atom stereocenters. The minimum Gasteiger partial charge on any atom is -0.247 e. The molecule has 0 saturated heterocycles. The zero-order valence-electron chi connectivity index (χ0n) is 10.7. The summed E-state index contributed by atoms with van der Waals surface area (Å²) in [6.45, 7) is 4.16. The third kappa shape index (κ3) is 2.45. The van der Waals surface area contributed by atoms with Gasteiger partial charge in [-0.15, -0.1) is 6.42 Å². The van der Waals surface area contributed by atoms with Gasteiger partial charge in [-0.2, -0.15) is 0 Å². The summed E-state index contributed by atoms with van der Waals surface area (Å²) in [5.41, 5.74) is -1.81. The molecule has 0 aliphatic rings. The first-order valence-electron chi connectivity index (χ1n) is 5.96. The maximum Gasteiger partial charge on any atom is 0.337 e. The van der Waals surface area contributed by atoms with E-state index in [2.05, 4.69) is 5.92 Å². The average molecular weight is 251 g/mol. The first-order valence-corrected chi connectivity index (χ1v) is 5.96. The van der Waals surface area contributed by atoms with Crippen molar-refractivity contribution in [2.75, 3.05) is 0 Å². The fourth-order valence-electron chi connectivity index (χ4n) is 1.74. The van der Waals surface area contributed by atoms with Crippen LogP contribution in [0.5, 0.6) is 0 Å². The summed E-state index contributed by atoms with van der Waals surface area (Å²) in [6.07, 6.45) is 6.41. The second-order valence-electron chi connectivity index (χ2n) is 3.94. The maximum atomic E-state index is 12.0. The van der Waals surface area contributed by atoms with E-state index in [9.17, 15) is 14.4 Å². The molecule has 0 aliphatic carbocycles. The normalized spacial score (nSPS) is 10.3. The fraction of sp³-hybridized carbons (Fsp3) is 0.583. The summed E-state index contributed by atoms with van der Waals surface area (Å²) in [7, 11) is 0. The van der Waals surface area contributed by atoms with Crippen LogP contribution in [0, 0.1) is 12.3 Å². The van der Waals surface area contributed by atoms with Gasteiger partial charge in [0.1, 0.15) is 0 Å². The van der Waals surface area contributed by atoms with Crippen LogP contribution in [0.25, 0.3) is 0 Å².